The van der Waals surface area contributed by atoms with E-state index in [1.807, 2.05) is 26.8 Å². The summed E-state index contributed by atoms with van der Waals surface area (Å²) in [5.41, 5.74) is 0.874. The number of hydrogen-bond acceptors (Lipinski definition) is 3. The first kappa shape index (κ1) is 17.4. The van der Waals surface area contributed by atoms with Gasteiger partial charge >= 0.3 is 5.97 Å². The molecule has 5 heteroatoms. The lowest BCUT2D eigenvalue weighted by atomic mass is 9.99. The van der Waals surface area contributed by atoms with Crippen molar-refractivity contribution in [2.75, 3.05) is 13.7 Å². The van der Waals surface area contributed by atoms with E-state index in [9.17, 15) is 9.18 Å². The molecule has 1 rings (SSSR count). The third-order valence-corrected chi connectivity index (χ3v) is 3.42. The van der Waals surface area contributed by atoms with Crippen LogP contribution in [0.5, 0.6) is 5.75 Å². The summed E-state index contributed by atoms with van der Waals surface area (Å²) >= 11 is 0. The average molecular weight is 297 g/mol. The van der Waals surface area contributed by atoms with Crippen molar-refractivity contribution in [3.05, 3.63) is 29.6 Å². The van der Waals surface area contributed by atoms with Gasteiger partial charge in [-0.2, -0.15) is 0 Å². The third-order valence-electron chi connectivity index (χ3n) is 3.42. The summed E-state index contributed by atoms with van der Waals surface area (Å²) in [6.07, 6.45) is 0.679. The smallest absolute Gasteiger partial charge is 0.320 e. The van der Waals surface area contributed by atoms with Gasteiger partial charge in [-0.05, 0) is 42.5 Å². The highest BCUT2D eigenvalue weighted by atomic mass is 19.1. The Morgan fingerprint density at radius 2 is 2.05 bits per heavy atom. The van der Waals surface area contributed by atoms with Crippen LogP contribution in [0.2, 0.25) is 0 Å². The Labute approximate surface area is 125 Å². The molecular formula is C16H24FNO3. The maximum Gasteiger partial charge on any atom is 0.320 e. The second kappa shape index (κ2) is 7.98. The molecule has 0 radical (unpaired) electrons. The van der Waals surface area contributed by atoms with Crippen molar-refractivity contribution in [3.8, 4) is 5.75 Å². The molecule has 1 unspecified atom stereocenters. The van der Waals surface area contributed by atoms with Crippen LogP contribution in [0, 0.1) is 17.7 Å². The predicted molar refractivity (Wildman–Crippen MR) is 80.1 cm³/mol. The van der Waals surface area contributed by atoms with E-state index in [-0.39, 0.29) is 23.4 Å². The molecule has 0 saturated carbocycles. The lowest BCUT2D eigenvalue weighted by Crippen LogP contribution is -2.43. The fourth-order valence-electron chi connectivity index (χ4n) is 2.25. The Bertz CT molecular complexity index is 477. The standard InChI is InChI=1S/C16H24FNO3/c1-10(2)15(16(19)20)18-9-11(3)7-12-5-6-14(21-4)13(17)8-12/h5-6,8,10-11,15,18H,7,9H2,1-4H3,(H,19,20)/t11?,15-/m1/s1. The quantitative estimate of drug-likeness (QED) is 0.774. The molecule has 0 aliphatic carbocycles. The summed E-state index contributed by atoms with van der Waals surface area (Å²) in [5.74, 6) is -0.754. The van der Waals surface area contributed by atoms with Gasteiger partial charge in [-0.1, -0.05) is 26.8 Å². The first-order valence-corrected chi connectivity index (χ1v) is 7.13. The summed E-state index contributed by atoms with van der Waals surface area (Å²) < 4.78 is 18.5. The second-order valence-electron chi connectivity index (χ2n) is 5.75. The Morgan fingerprint density at radius 1 is 1.38 bits per heavy atom. The molecule has 0 aliphatic rings. The Morgan fingerprint density at radius 3 is 2.52 bits per heavy atom. The van der Waals surface area contributed by atoms with Gasteiger partial charge in [0, 0.05) is 0 Å². The van der Waals surface area contributed by atoms with Gasteiger partial charge in [0.25, 0.3) is 0 Å². The second-order valence-corrected chi connectivity index (χ2v) is 5.75. The number of halogens is 1. The number of methoxy groups -OCH3 is 1. The highest BCUT2D eigenvalue weighted by Crippen LogP contribution is 2.19. The molecule has 0 aromatic heterocycles. The van der Waals surface area contributed by atoms with Gasteiger partial charge in [0.2, 0.25) is 0 Å². The van der Waals surface area contributed by atoms with Crippen molar-refractivity contribution >= 4 is 5.97 Å². The van der Waals surface area contributed by atoms with Gasteiger partial charge in [0.15, 0.2) is 11.6 Å². The van der Waals surface area contributed by atoms with E-state index in [0.29, 0.717) is 13.0 Å². The van der Waals surface area contributed by atoms with Crippen molar-refractivity contribution in [1.82, 2.24) is 5.32 Å². The zero-order valence-corrected chi connectivity index (χ0v) is 13.0. The Hall–Kier alpha value is -1.62. The highest BCUT2D eigenvalue weighted by Gasteiger charge is 2.21. The van der Waals surface area contributed by atoms with Crippen LogP contribution in [0.1, 0.15) is 26.3 Å². The van der Waals surface area contributed by atoms with E-state index in [4.69, 9.17) is 9.84 Å². The lowest BCUT2D eigenvalue weighted by Gasteiger charge is -2.20. The molecule has 0 fully saturated rings. The third kappa shape index (κ3) is 5.34. The van der Waals surface area contributed by atoms with E-state index >= 15 is 0 Å². The molecule has 0 bridgehead atoms. The van der Waals surface area contributed by atoms with Gasteiger partial charge < -0.3 is 15.2 Å². The number of nitrogens with one attached hydrogen (secondary N) is 1. The van der Waals surface area contributed by atoms with E-state index in [1.165, 1.54) is 13.2 Å². The number of carboxylic acids is 1. The normalized spacial score (nSPS) is 14.0. The molecule has 118 valence electrons. The van der Waals surface area contributed by atoms with E-state index in [0.717, 1.165) is 5.56 Å². The Balaban J connectivity index is 2.55. The summed E-state index contributed by atoms with van der Waals surface area (Å²) in [6, 6.07) is 4.35. The highest BCUT2D eigenvalue weighted by molar-refractivity contribution is 5.73. The maximum atomic E-state index is 13.6. The van der Waals surface area contributed by atoms with Gasteiger partial charge in [-0.15, -0.1) is 0 Å². The summed E-state index contributed by atoms with van der Waals surface area (Å²) in [7, 11) is 1.43. The van der Waals surface area contributed by atoms with Crippen LogP contribution in [0.4, 0.5) is 4.39 Å². The number of benzene rings is 1. The Kier molecular flexibility index (Phi) is 6.62. The fraction of sp³-hybridized carbons (Fsp3) is 0.562. The number of aliphatic carboxylic acids is 1. The number of carboxylic acid groups (broad SMARTS) is 1. The zero-order valence-electron chi connectivity index (χ0n) is 13.0. The van der Waals surface area contributed by atoms with E-state index < -0.39 is 12.0 Å². The van der Waals surface area contributed by atoms with Crippen LogP contribution < -0.4 is 10.1 Å². The summed E-state index contributed by atoms with van der Waals surface area (Å²) in [4.78, 5) is 11.1. The van der Waals surface area contributed by atoms with Crippen molar-refractivity contribution in [1.29, 1.82) is 0 Å². The molecule has 0 amide bonds. The summed E-state index contributed by atoms with van der Waals surface area (Å²) in [6.45, 7) is 6.32. The molecule has 2 N–H and O–H groups in total. The largest absolute Gasteiger partial charge is 0.494 e. The van der Waals surface area contributed by atoms with Gasteiger partial charge in [-0.3, -0.25) is 4.79 Å². The van der Waals surface area contributed by atoms with Crippen LogP contribution in [-0.2, 0) is 11.2 Å². The SMILES string of the molecule is COc1ccc(CC(C)CN[C@@H](C(=O)O)C(C)C)cc1F. The molecular weight excluding hydrogens is 273 g/mol. The average Bonchev–Trinajstić information content (AvgIpc) is 2.38. The molecule has 2 atom stereocenters. The minimum Gasteiger partial charge on any atom is -0.494 e. The van der Waals surface area contributed by atoms with E-state index in [2.05, 4.69) is 5.32 Å². The van der Waals surface area contributed by atoms with Crippen LogP contribution in [0.15, 0.2) is 18.2 Å². The van der Waals surface area contributed by atoms with Crippen LogP contribution in [0.25, 0.3) is 0 Å². The number of carbonyl (C=O) groups is 1. The molecule has 0 aliphatic heterocycles. The first-order chi connectivity index (χ1) is 9.85. The molecule has 21 heavy (non-hydrogen) atoms. The molecule has 0 heterocycles. The molecule has 0 spiro atoms. The van der Waals surface area contributed by atoms with Crippen molar-refractivity contribution < 1.29 is 19.0 Å². The summed E-state index contributed by atoms with van der Waals surface area (Å²) in [5, 5.41) is 12.2. The van der Waals surface area contributed by atoms with Crippen molar-refractivity contribution in [3.63, 3.8) is 0 Å². The predicted octanol–water partition coefficient (Wildman–Crippen LogP) is 2.71. The monoisotopic (exact) mass is 297 g/mol. The zero-order chi connectivity index (χ0) is 16.0. The van der Waals surface area contributed by atoms with Crippen LogP contribution >= 0.6 is 0 Å². The molecule has 4 nitrogen and oxygen atoms in total. The minimum atomic E-state index is -0.840. The van der Waals surface area contributed by atoms with Crippen molar-refractivity contribution in [2.24, 2.45) is 11.8 Å². The lowest BCUT2D eigenvalue weighted by molar-refractivity contribution is -0.140. The first-order valence-electron chi connectivity index (χ1n) is 7.13. The molecule has 1 aromatic rings. The van der Waals surface area contributed by atoms with Crippen LogP contribution in [-0.4, -0.2) is 30.8 Å². The molecule has 0 saturated heterocycles. The van der Waals surface area contributed by atoms with Gasteiger partial charge in [0.05, 0.1) is 7.11 Å². The van der Waals surface area contributed by atoms with Crippen molar-refractivity contribution in [2.45, 2.75) is 33.2 Å². The topological polar surface area (TPSA) is 58.6 Å². The molecule has 1 aromatic carbocycles. The van der Waals surface area contributed by atoms with Crippen LogP contribution in [0.3, 0.4) is 0 Å². The number of rotatable bonds is 8. The fourth-order valence-corrected chi connectivity index (χ4v) is 2.25. The maximum absolute atomic E-state index is 13.6. The van der Waals surface area contributed by atoms with Gasteiger partial charge in [-0.25, -0.2) is 4.39 Å². The van der Waals surface area contributed by atoms with E-state index in [1.54, 1.807) is 6.07 Å². The minimum absolute atomic E-state index is 0.0214. The number of ether oxygens (including phenoxy) is 1. The van der Waals surface area contributed by atoms with Gasteiger partial charge in [0.1, 0.15) is 6.04 Å². The number of hydrogen-bond donors (Lipinski definition) is 2.